The number of anilines is 1. The van der Waals surface area contributed by atoms with Crippen molar-refractivity contribution in [2.75, 3.05) is 12.8 Å². The van der Waals surface area contributed by atoms with Gasteiger partial charge in [0.1, 0.15) is 5.75 Å². The summed E-state index contributed by atoms with van der Waals surface area (Å²) in [4.78, 5) is 5.29. The molecule has 0 radical (unpaired) electrons. The van der Waals surface area contributed by atoms with Gasteiger partial charge in [0.15, 0.2) is 0 Å². The zero-order chi connectivity index (χ0) is 15.0. The lowest BCUT2D eigenvalue weighted by Crippen LogP contribution is -1.89. The zero-order valence-corrected chi connectivity index (χ0v) is 13.0. The minimum absolute atomic E-state index is 0.446. The molecule has 3 rings (SSSR count). The molecule has 3 aromatic rings. The third kappa shape index (κ3) is 2.59. The second-order valence-corrected chi connectivity index (χ2v) is 5.95. The first kappa shape index (κ1) is 13.9. The maximum atomic E-state index is 5.95. The number of methoxy groups -OCH3 is 1. The van der Waals surface area contributed by atoms with Crippen molar-refractivity contribution in [1.82, 2.24) is 10.1 Å². The first-order valence-electron chi connectivity index (χ1n) is 6.12. The summed E-state index contributed by atoms with van der Waals surface area (Å²) in [7, 11) is 1.57. The third-order valence-corrected chi connectivity index (χ3v) is 4.25. The highest BCUT2D eigenvalue weighted by Crippen LogP contribution is 2.35. The van der Waals surface area contributed by atoms with E-state index in [1.807, 2.05) is 13.0 Å². The fourth-order valence-corrected chi connectivity index (χ4v) is 3.02. The molecule has 2 N–H and O–H groups in total. The maximum absolute atomic E-state index is 5.95. The zero-order valence-electron chi connectivity index (χ0n) is 11.4. The molecule has 0 atom stereocenters. The topological polar surface area (TPSA) is 74.2 Å². The molecule has 0 aliphatic heterocycles. The largest absolute Gasteiger partial charge is 0.496 e. The molecule has 5 nitrogen and oxygen atoms in total. The van der Waals surface area contributed by atoms with Gasteiger partial charge >= 0.3 is 0 Å². The van der Waals surface area contributed by atoms with Crippen LogP contribution < -0.4 is 10.5 Å². The number of nitrogens with two attached hydrogens (primary N) is 1. The lowest BCUT2D eigenvalue weighted by atomic mass is 10.2. The number of nitrogen functional groups attached to an aromatic ring is 1. The van der Waals surface area contributed by atoms with Gasteiger partial charge in [-0.2, -0.15) is 4.98 Å². The van der Waals surface area contributed by atoms with E-state index in [0.29, 0.717) is 27.5 Å². The van der Waals surface area contributed by atoms with Crippen LogP contribution in [0.4, 0.5) is 5.00 Å². The number of hydrogen-bond acceptors (Lipinski definition) is 6. The average Bonchev–Trinajstić information content (AvgIpc) is 3.05. The smallest absolute Gasteiger partial charge is 0.268 e. The molecule has 2 aromatic heterocycles. The molecule has 7 heteroatoms. The van der Waals surface area contributed by atoms with Gasteiger partial charge < -0.3 is 15.0 Å². The van der Waals surface area contributed by atoms with Gasteiger partial charge in [0.25, 0.3) is 5.89 Å². The Kier molecular flexibility index (Phi) is 3.57. The molecule has 108 valence electrons. The lowest BCUT2D eigenvalue weighted by molar-refractivity contribution is 0.413. The van der Waals surface area contributed by atoms with E-state index in [1.165, 1.54) is 11.3 Å². The predicted molar refractivity (Wildman–Crippen MR) is 83.8 cm³/mol. The minimum Gasteiger partial charge on any atom is -0.496 e. The highest BCUT2D eigenvalue weighted by atomic mass is 35.5. The number of nitrogens with zero attached hydrogens (tertiary/aromatic N) is 2. The van der Waals surface area contributed by atoms with Crippen LogP contribution in [0.3, 0.4) is 0 Å². The molecule has 2 heterocycles. The van der Waals surface area contributed by atoms with Crippen molar-refractivity contribution in [1.29, 1.82) is 0 Å². The van der Waals surface area contributed by atoms with Crippen LogP contribution in [0, 0.1) is 6.92 Å². The molecule has 0 saturated carbocycles. The highest BCUT2D eigenvalue weighted by Gasteiger charge is 2.17. The van der Waals surface area contributed by atoms with Crippen LogP contribution in [0.1, 0.15) is 5.56 Å². The SMILES string of the molecule is COc1cc(Cl)ccc1-c1noc(-c2sc(N)cc2C)n1. The van der Waals surface area contributed by atoms with Gasteiger partial charge in [0, 0.05) is 5.02 Å². The summed E-state index contributed by atoms with van der Waals surface area (Å²) in [6.45, 7) is 1.95. The van der Waals surface area contributed by atoms with Crippen molar-refractivity contribution in [3.63, 3.8) is 0 Å². The van der Waals surface area contributed by atoms with Gasteiger partial charge in [-0.1, -0.05) is 16.8 Å². The van der Waals surface area contributed by atoms with E-state index in [-0.39, 0.29) is 0 Å². The van der Waals surface area contributed by atoms with Crippen LogP contribution in [-0.4, -0.2) is 17.3 Å². The summed E-state index contributed by atoms with van der Waals surface area (Å²) in [6.07, 6.45) is 0. The Morgan fingerprint density at radius 3 is 2.81 bits per heavy atom. The molecule has 0 aliphatic carbocycles. The van der Waals surface area contributed by atoms with Gasteiger partial charge in [-0.3, -0.25) is 0 Å². The predicted octanol–water partition coefficient (Wildman–Crippen LogP) is 4.02. The molecule has 0 fully saturated rings. The number of aryl methyl sites for hydroxylation is 1. The van der Waals surface area contributed by atoms with Gasteiger partial charge in [0.05, 0.1) is 22.6 Å². The van der Waals surface area contributed by atoms with Crippen molar-refractivity contribution in [2.45, 2.75) is 6.92 Å². The van der Waals surface area contributed by atoms with Gasteiger partial charge in [-0.05, 0) is 36.8 Å². The van der Waals surface area contributed by atoms with Crippen molar-refractivity contribution >= 4 is 27.9 Å². The molecule has 0 spiro atoms. The molecule has 0 amide bonds. The number of ether oxygens (including phenoxy) is 1. The second kappa shape index (κ2) is 5.38. The fraction of sp³-hybridized carbons (Fsp3) is 0.143. The van der Waals surface area contributed by atoms with Crippen molar-refractivity contribution in [3.05, 3.63) is 34.9 Å². The van der Waals surface area contributed by atoms with E-state index in [4.69, 9.17) is 26.6 Å². The summed E-state index contributed by atoms with van der Waals surface area (Å²) in [5.41, 5.74) is 7.52. The van der Waals surface area contributed by atoms with Crippen molar-refractivity contribution < 1.29 is 9.26 Å². The summed E-state index contributed by atoms with van der Waals surface area (Å²) in [5, 5.41) is 5.31. The Morgan fingerprint density at radius 2 is 2.14 bits per heavy atom. The van der Waals surface area contributed by atoms with E-state index < -0.39 is 0 Å². The first-order valence-corrected chi connectivity index (χ1v) is 7.32. The molecule has 0 unspecified atom stereocenters. The van der Waals surface area contributed by atoms with Crippen LogP contribution in [0.15, 0.2) is 28.8 Å². The summed E-state index contributed by atoms with van der Waals surface area (Å²) < 4.78 is 10.6. The molecule has 0 bridgehead atoms. The molecule has 1 aromatic carbocycles. The number of thiophene rings is 1. The van der Waals surface area contributed by atoms with Crippen molar-refractivity contribution in [2.24, 2.45) is 0 Å². The van der Waals surface area contributed by atoms with Crippen molar-refractivity contribution in [3.8, 4) is 27.9 Å². The van der Waals surface area contributed by atoms with Gasteiger partial charge in [-0.15, -0.1) is 11.3 Å². The number of halogens is 1. The first-order chi connectivity index (χ1) is 10.1. The Bertz CT molecular complexity index is 797. The minimum atomic E-state index is 0.446. The monoisotopic (exact) mass is 321 g/mol. The Balaban J connectivity index is 2.04. The fourth-order valence-electron chi connectivity index (χ4n) is 1.99. The van der Waals surface area contributed by atoms with E-state index in [0.717, 1.165) is 16.0 Å². The average molecular weight is 322 g/mol. The molecular weight excluding hydrogens is 310 g/mol. The Hall–Kier alpha value is -2.05. The van der Waals surface area contributed by atoms with Crippen LogP contribution in [0.25, 0.3) is 22.2 Å². The molecule has 0 aliphatic rings. The summed E-state index contributed by atoms with van der Waals surface area (Å²) in [5.74, 6) is 1.49. The summed E-state index contributed by atoms with van der Waals surface area (Å²) >= 11 is 7.37. The maximum Gasteiger partial charge on any atom is 0.268 e. The number of hydrogen-bond donors (Lipinski definition) is 1. The highest BCUT2D eigenvalue weighted by molar-refractivity contribution is 7.19. The normalized spacial score (nSPS) is 10.8. The van der Waals surface area contributed by atoms with E-state index >= 15 is 0 Å². The standard InChI is InChI=1S/C14H12ClN3O2S/c1-7-5-11(16)21-12(7)14-17-13(18-20-14)9-4-3-8(15)6-10(9)19-2/h3-6H,16H2,1-2H3. The Morgan fingerprint density at radius 1 is 1.33 bits per heavy atom. The number of aromatic nitrogens is 2. The molecule has 0 saturated heterocycles. The molecule has 21 heavy (non-hydrogen) atoms. The van der Waals surface area contributed by atoms with E-state index in [9.17, 15) is 0 Å². The van der Waals surface area contributed by atoms with E-state index in [2.05, 4.69) is 10.1 Å². The van der Waals surface area contributed by atoms with Gasteiger partial charge in [0.2, 0.25) is 5.82 Å². The number of benzene rings is 1. The molecular formula is C14H12ClN3O2S. The van der Waals surface area contributed by atoms with Crippen LogP contribution in [0.2, 0.25) is 5.02 Å². The summed E-state index contributed by atoms with van der Waals surface area (Å²) in [6, 6.07) is 7.14. The van der Waals surface area contributed by atoms with E-state index in [1.54, 1.807) is 25.3 Å². The number of rotatable bonds is 3. The third-order valence-electron chi connectivity index (χ3n) is 2.96. The van der Waals surface area contributed by atoms with Crippen LogP contribution in [-0.2, 0) is 0 Å². The van der Waals surface area contributed by atoms with Crippen LogP contribution in [0.5, 0.6) is 5.75 Å². The lowest BCUT2D eigenvalue weighted by Gasteiger charge is -2.04. The Labute approximate surface area is 130 Å². The van der Waals surface area contributed by atoms with Crippen LogP contribution >= 0.6 is 22.9 Å². The van der Waals surface area contributed by atoms with Gasteiger partial charge in [-0.25, -0.2) is 0 Å². The second-order valence-electron chi connectivity index (χ2n) is 4.43. The quantitative estimate of drug-likeness (QED) is 0.788.